The lowest BCUT2D eigenvalue weighted by Crippen LogP contribution is -2.76. The number of para-hydroxylation sites is 1. The van der Waals surface area contributed by atoms with Gasteiger partial charge in [-0.2, -0.15) is 9.13 Å². The smallest absolute Gasteiger partial charge is 0.397 e. The lowest BCUT2D eigenvalue weighted by molar-refractivity contribution is -0.993. The molecule has 6 heteroatoms. The van der Waals surface area contributed by atoms with E-state index in [2.05, 4.69) is 104 Å². The third-order valence-corrected chi connectivity index (χ3v) is 7.77. The Morgan fingerprint density at radius 3 is 2.48 bits per heavy atom. The van der Waals surface area contributed by atoms with Crippen LogP contribution in [0.4, 0.5) is 0 Å². The molecule has 3 aromatic heterocycles. The summed E-state index contributed by atoms with van der Waals surface area (Å²) >= 11 is 0. The highest BCUT2D eigenvalue weighted by atomic mass is 16.5. The molecule has 33 heavy (non-hydrogen) atoms. The number of fused-ring (bicyclic) bond motifs is 3. The molecule has 1 spiro atoms. The van der Waals surface area contributed by atoms with Crippen LogP contribution >= 0.6 is 0 Å². The Hall–Kier alpha value is -4.58. The van der Waals surface area contributed by atoms with Crippen LogP contribution in [0, 0.1) is 0 Å². The lowest BCUT2D eigenvalue weighted by Gasteiger charge is -2.33. The highest BCUT2D eigenvalue weighted by Gasteiger charge is 2.69. The number of hydrogen-bond acceptors (Lipinski definition) is 2. The molecule has 6 nitrogen and oxygen atoms in total. The van der Waals surface area contributed by atoms with Crippen LogP contribution in [0.25, 0.3) is 33.3 Å². The summed E-state index contributed by atoms with van der Waals surface area (Å²) in [6.07, 6.45) is 6.46. The van der Waals surface area contributed by atoms with Gasteiger partial charge in [-0.25, -0.2) is 0 Å². The zero-order valence-corrected chi connectivity index (χ0v) is 17.2. The maximum atomic E-state index is 6.60. The van der Waals surface area contributed by atoms with E-state index in [4.69, 9.17) is 9.47 Å². The zero-order chi connectivity index (χ0) is 21.1. The molecule has 1 atom stereocenters. The second kappa shape index (κ2) is 4.47. The van der Waals surface area contributed by atoms with Crippen LogP contribution in [-0.2, 0) is 5.66 Å². The van der Waals surface area contributed by atoms with Gasteiger partial charge < -0.3 is 9.47 Å². The number of benzene rings is 3. The fraction of sp³-hybridized carbons (Fsp3) is 0.0370. The fourth-order valence-electron chi connectivity index (χ4n) is 6.75. The molecule has 152 valence electrons. The predicted octanol–water partition coefficient (Wildman–Crippen LogP) is 4.29. The third kappa shape index (κ3) is 1.31. The van der Waals surface area contributed by atoms with Crippen molar-refractivity contribution in [3.63, 3.8) is 0 Å². The molecule has 0 fully saturated rings. The van der Waals surface area contributed by atoms with Crippen molar-refractivity contribution in [2.45, 2.75) is 5.66 Å². The van der Waals surface area contributed by atoms with Crippen molar-refractivity contribution in [2.24, 2.45) is 0 Å². The van der Waals surface area contributed by atoms with Crippen molar-refractivity contribution in [1.29, 1.82) is 0 Å². The van der Waals surface area contributed by atoms with Gasteiger partial charge in [-0.1, -0.05) is 16.8 Å². The number of rotatable bonds is 0. The minimum absolute atomic E-state index is 0.612. The van der Waals surface area contributed by atoms with E-state index in [0.29, 0.717) is 0 Å². The standard InChI is InChI=1S/C27H14N4O2/c1-5-15-16-10-11-19-23-25(16)31-24(15)20(8-1)33-21-9-3-12-28(26(21)31)27(23)22-17(6-2-7-18(22)32-19)29-13-4-14-30(27)29/h1-14H/q+2. The van der Waals surface area contributed by atoms with Gasteiger partial charge in [0, 0.05) is 16.8 Å². The largest absolute Gasteiger partial charge is 0.456 e. The van der Waals surface area contributed by atoms with E-state index in [-0.39, 0.29) is 0 Å². The van der Waals surface area contributed by atoms with Crippen molar-refractivity contribution in [2.75, 3.05) is 0 Å². The van der Waals surface area contributed by atoms with Gasteiger partial charge >= 0.3 is 11.5 Å². The SMILES string of the molecule is c1cc2c3c(c1)-n1ccc[n+]1C31c3c(ccc4c5cccc6c5n(c34)-c3c(ccc[n+]31)O6)O2. The summed E-state index contributed by atoms with van der Waals surface area (Å²) in [4.78, 5) is 0. The van der Waals surface area contributed by atoms with E-state index < -0.39 is 5.66 Å². The lowest BCUT2D eigenvalue weighted by atomic mass is 9.84. The molecule has 3 aromatic carbocycles. The number of ether oxygens (including phenoxy) is 2. The summed E-state index contributed by atoms with van der Waals surface area (Å²) in [7, 11) is 0. The van der Waals surface area contributed by atoms with Gasteiger partial charge in [-0.15, -0.1) is 4.68 Å². The zero-order valence-electron chi connectivity index (χ0n) is 17.2. The monoisotopic (exact) mass is 426 g/mol. The fourth-order valence-corrected chi connectivity index (χ4v) is 6.75. The molecule has 7 heterocycles. The van der Waals surface area contributed by atoms with E-state index in [9.17, 15) is 0 Å². The number of nitrogens with zero attached hydrogens (tertiary/aromatic N) is 4. The minimum atomic E-state index is -0.612. The highest BCUT2D eigenvalue weighted by Crippen LogP contribution is 2.57. The summed E-state index contributed by atoms with van der Waals surface area (Å²) in [6.45, 7) is 0. The Balaban J connectivity index is 1.60. The van der Waals surface area contributed by atoms with E-state index in [1.165, 1.54) is 21.9 Å². The van der Waals surface area contributed by atoms with Crippen molar-refractivity contribution in [1.82, 2.24) is 9.25 Å². The van der Waals surface area contributed by atoms with E-state index in [1.807, 2.05) is 0 Å². The topological polar surface area (TPSA) is 36.1 Å². The molecule has 4 aliphatic rings. The van der Waals surface area contributed by atoms with Gasteiger partial charge in [0.05, 0.1) is 12.4 Å². The first kappa shape index (κ1) is 15.3. The summed E-state index contributed by atoms with van der Waals surface area (Å²) in [5.74, 6) is 4.58. The van der Waals surface area contributed by atoms with Crippen LogP contribution < -0.4 is 18.7 Å². The second-order valence-corrected chi connectivity index (χ2v) is 9.09. The van der Waals surface area contributed by atoms with E-state index >= 15 is 0 Å². The average molecular weight is 426 g/mol. The van der Waals surface area contributed by atoms with Crippen LogP contribution in [-0.4, -0.2) is 9.25 Å². The first-order valence-corrected chi connectivity index (χ1v) is 11.1. The van der Waals surface area contributed by atoms with Gasteiger partial charge in [-0.05, 0) is 48.5 Å². The molecule has 0 saturated heterocycles. The van der Waals surface area contributed by atoms with Crippen molar-refractivity contribution >= 4 is 21.8 Å². The van der Waals surface area contributed by atoms with E-state index in [1.54, 1.807) is 0 Å². The molecule has 0 bridgehead atoms. The van der Waals surface area contributed by atoms with Crippen LogP contribution in [0.15, 0.2) is 85.3 Å². The minimum Gasteiger partial charge on any atom is -0.456 e. The second-order valence-electron chi connectivity index (χ2n) is 9.09. The van der Waals surface area contributed by atoms with Crippen molar-refractivity contribution in [3.05, 3.63) is 96.4 Å². The molecule has 0 radical (unpaired) electrons. The Bertz CT molecular complexity index is 1950. The number of aromatic nitrogens is 4. The number of pyridine rings is 1. The summed E-state index contributed by atoms with van der Waals surface area (Å²) in [6, 6.07) is 23.2. The highest BCUT2D eigenvalue weighted by molar-refractivity contribution is 6.13. The van der Waals surface area contributed by atoms with Crippen molar-refractivity contribution < 1.29 is 18.7 Å². The number of hydrogen-bond donors (Lipinski definition) is 0. The normalized spacial score (nSPS) is 18.9. The van der Waals surface area contributed by atoms with Gasteiger partial charge in [-0.3, -0.25) is 0 Å². The van der Waals surface area contributed by atoms with Crippen LogP contribution in [0.2, 0.25) is 0 Å². The molecule has 0 amide bonds. The summed E-state index contributed by atoms with van der Waals surface area (Å²) < 4.78 is 22.4. The molecular weight excluding hydrogens is 412 g/mol. The first-order valence-electron chi connectivity index (χ1n) is 11.1. The first-order chi connectivity index (χ1) is 16.4. The molecular formula is C27H14N4O2+2. The molecule has 10 rings (SSSR count). The molecule has 0 saturated carbocycles. The maximum absolute atomic E-state index is 6.60. The molecule has 0 aliphatic carbocycles. The Kier molecular flexibility index (Phi) is 2.07. The van der Waals surface area contributed by atoms with Crippen LogP contribution in [0.1, 0.15) is 11.1 Å². The average Bonchev–Trinajstić information content (AvgIpc) is 3.53. The summed E-state index contributed by atoms with van der Waals surface area (Å²) in [5.41, 5.74) is 5.15. The summed E-state index contributed by atoms with van der Waals surface area (Å²) in [5, 5.41) is 2.41. The molecule has 4 aliphatic heterocycles. The molecule has 1 unspecified atom stereocenters. The van der Waals surface area contributed by atoms with E-state index in [0.717, 1.165) is 45.6 Å². The third-order valence-electron chi connectivity index (χ3n) is 7.77. The van der Waals surface area contributed by atoms with Crippen LogP contribution in [0.5, 0.6) is 23.0 Å². The van der Waals surface area contributed by atoms with Gasteiger partial charge in [0.1, 0.15) is 22.7 Å². The quantitative estimate of drug-likeness (QED) is 0.339. The Labute approximate surface area is 186 Å². The molecule has 6 aromatic rings. The van der Waals surface area contributed by atoms with Gasteiger partial charge in [0.15, 0.2) is 22.3 Å². The Morgan fingerprint density at radius 2 is 1.48 bits per heavy atom. The van der Waals surface area contributed by atoms with Gasteiger partial charge in [0.25, 0.3) is 0 Å². The Morgan fingerprint density at radius 1 is 0.667 bits per heavy atom. The van der Waals surface area contributed by atoms with Gasteiger partial charge in [0.2, 0.25) is 11.9 Å². The molecule has 0 N–H and O–H groups in total. The van der Waals surface area contributed by atoms with Crippen molar-refractivity contribution in [3.8, 4) is 34.5 Å². The maximum Gasteiger partial charge on any atom is 0.397 e. The predicted molar refractivity (Wildman–Crippen MR) is 119 cm³/mol. The van der Waals surface area contributed by atoms with Crippen LogP contribution in [0.3, 0.4) is 0 Å².